The zero-order chi connectivity index (χ0) is 19.5. The number of benzene rings is 3. The number of hydrogen-bond acceptors (Lipinski definition) is 3. The smallest absolute Gasteiger partial charge is 0.259 e. The molecule has 0 aliphatic carbocycles. The highest BCUT2D eigenvalue weighted by Crippen LogP contribution is 2.30. The predicted molar refractivity (Wildman–Crippen MR) is 111 cm³/mol. The molecule has 3 aromatic carbocycles. The third-order valence-electron chi connectivity index (χ3n) is 4.39. The minimum atomic E-state index is -0.251. The second-order valence-corrected chi connectivity index (χ2v) is 6.87. The van der Waals surface area contributed by atoms with E-state index in [9.17, 15) is 4.79 Å². The van der Waals surface area contributed by atoms with E-state index in [1.165, 1.54) is 0 Å². The van der Waals surface area contributed by atoms with Gasteiger partial charge in [-0.3, -0.25) is 4.79 Å². The molecule has 4 nitrogen and oxygen atoms in total. The van der Waals surface area contributed by atoms with E-state index in [-0.39, 0.29) is 5.91 Å². The molecule has 1 amide bonds. The third kappa shape index (κ3) is 3.87. The van der Waals surface area contributed by atoms with Gasteiger partial charge >= 0.3 is 0 Å². The quantitative estimate of drug-likeness (QED) is 0.439. The van der Waals surface area contributed by atoms with Gasteiger partial charge in [0.05, 0.1) is 5.56 Å². The van der Waals surface area contributed by atoms with Crippen LogP contribution in [-0.4, -0.2) is 5.91 Å². The van der Waals surface area contributed by atoms with Crippen LogP contribution < -0.4 is 10.1 Å². The standard InChI is InChI=1S/C23H18ClNO3/c1-15-22(23(26)25-18-9-5-8-17(24)12-18)20-13-19(10-11-21(20)28-15)27-14-16-6-3-2-4-7-16/h2-13H,14H2,1H3,(H,25,26). The molecule has 0 fully saturated rings. The van der Waals surface area contributed by atoms with Crippen molar-refractivity contribution in [3.63, 3.8) is 0 Å². The van der Waals surface area contributed by atoms with E-state index in [1.807, 2.05) is 48.5 Å². The number of fused-ring (bicyclic) bond motifs is 1. The summed E-state index contributed by atoms with van der Waals surface area (Å²) in [6, 6.07) is 22.4. The van der Waals surface area contributed by atoms with Crippen molar-refractivity contribution in [2.24, 2.45) is 0 Å². The maximum absolute atomic E-state index is 12.9. The number of aryl methyl sites for hydroxylation is 1. The van der Waals surface area contributed by atoms with Gasteiger partial charge in [0.15, 0.2) is 0 Å². The molecule has 0 spiro atoms. The Labute approximate surface area is 167 Å². The van der Waals surface area contributed by atoms with Crippen LogP contribution in [0.3, 0.4) is 0 Å². The van der Waals surface area contributed by atoms with Crippen molar-refractivity contribution in [3.05, 3.63) is 94.7 Å². The summed E-state index contributed by atoms with van der Waals surface area (Å²) in [6.45, 7) is 2.23. The number of anilines is 1. The second-order valence-electron chi connectivity index (χ2n) is 6.43. The number of ether oxygens (including phenoxy) is 1. The normalized spacial score (nSPS) is 10.8. The minimum Gasteiger partial charge on any atom is -0.489 e. The van der Waals surface area contributed by atoms with Gasteiger partial charge in [-0.05, 0) is 48.9 Å². The Morgan fingerprint density at radius 3 is 2.64 bits per heavy atom. The lowest BCUT2D eigenvalue weighted by Crippen LogP contribution is -2.12. The monoisotopic (exact) mass is 391 g/mol. The van der Waals surface area contributed by atoms with Gasteiger partial charge in [-0.15, -0.1) is 0 Å². The first-order valence-electron chi connectivity index (χ1n) is 8.87. The number of hydrogen-bond donors (Lipinski definition) is 1. The van der Waals surface area contributed by atoms with Crippen molar-refractivity contribution in [2.75, 3.05) is 5.32 Å². The van der Waals surface area contributed by atoms with Crippen LogP contribution in [0.4, 0.5) is 5.69 Å². The molecular weight excluding hydrogens is 374 g/mol. The predicted octanol–water partition coefficient (Wildman–Crippen LogP) is 6.23. The topological polar surface area (TPSA) is 51.5 Å². The van der Waals surface area contributed by atoms with Gasteiger partial charge < -0.3 is 14.5 Å². The van der Waals surface area contributed by atoms with Crippen LogP contribution in [0, 0.1) is 6.92 Å². The fraction of sp³-hybridized carbons (Fsp3) is 0.0870. The summed E-state index contributed by atoms with van der Waals surface area (Å²) in [5.74, 6) is 0.974. The number of carbonyl (C=O) groups excluding carboxylic acids is 1. The number of rotatable bonds is 5. The number of halogens is 1. The third-order valence-corrected chi connectivity index (χ3v) is 4.63. The van der Waals surface area contributed by atoms with Gasteiger partial charge in [0.2, 0.25) is 0 Å². The molecule has 0 bridgehead atoms. The van der Waals surface area contributed by atoms with Gasteiger partial charge in [-0.2, -0.15) is 0 Å². The molecule has 0 radical (unpaired) electrons. The van der Waals surface area contributed by atoms with Crippen LogP contribution in [0.1, 0.15) is 21.7 Å². The molecule has 0 saturated heterocycles. The number of nitrogens with one attached hydrogen (secondary N) is 1. The van der Waals surface area contributed by atoms with E-state index in [2.05, 4.69) is 5.32 Å². The maximum atomic E-state index is 12.9. The van der Waals surface area contributed by atoms with Gasteiger partial charge in [0, 0.05) is 16.1 Å². The zero-order valence-corrected chi connectivity index (χ0v) is 16.0. The molecule has 0 aliphatic rings. The minimum absolute atomic E-state index is 0.251. The summed E-state index contributed by atoms with van der Waals surface area (Å²) in [5.41, 5.74) is 2.83. The summed E-state index contributed by atoms with van der Waals surface area (Å²) in [4.78, 5) is 12.9. The maximum Gasteiger partial charge on any atom is 0.259 e. The summed E-state index contributed by atoms with van der Waals surface area (Å²) in [7, 11) is 0. The molecule has 4 aromatic rings. The van der Waals surface area contributed by atoms with Gasteiger partial charge in [0.25, 0.3) is 5.91 Å². The fourth-order valence-corrected chi connectivity index (χ4v) is 3.26. The Balaban J connectivity index is 1.60. The molecule has 1 aromatic heterocycles. The molecule has 28 heavy (non-hydrogen) atoms. The van der Waals surface area contributed by atoms with Crippen LogP contribution in [-0.2, 0) is 6.61 Å². The second kappa shape index (κ2) is 7.79. The van der Waals surface area contributed by atoms with Gasteiger partial charge in [-0.25, -0.2) is 0 Å². The zero-order valence-electron chi connectivity index (χ0n) is 15.2. The lowest BCUT2D eigenvalue weighted by molar-refractivity contribution is 0.102. The highest BCUT2D eigenvalue weighted by Gasteiger charge is 2.19. The Kier molecular flexibility index (Phi) is 5.04. The van der Waals surface area contributed by atoms with E-state index >= 15 is 0 Å². The molecule has 4 rings (SSSR count). The molecule has 0 aliphatic heterocycles. The van der Waals surface area contributed by atoms with Crippen LogP contribution >= 0.6 is 11.6 Å². The van der Waals surface area contributed by atoms with Crippen LogP contribution in [0.5, 0.6) is 5.75 Å². The molecule has 0 saturated carbocycles. The van der Waals surface area contributed by atoms with Crippen molar-refractivity contribution in [1.82, 2.24) is 0 Å². The molecule has 0 unspecified atom stereocenters. The summed E-state index contributed by atoms with van der Waals surface area (Å²) in [6.07, 6.45) is 0. The lowest BCUT2D eigenvalue weighted by Gasteiger charge is -2.07. The highest BCUT2D eigenvalue weighted by atomic mass is 35.5. The average Bonchev–Trinajstić information content (AvgIpc) is 3.02. The summed E-state index contributed by atoms with van der Waals surface area (Å²) < 4.78 is 11.6. The molecule has 1 heterocycles. The van der Waals surface area contributed by atoms with E-state index in [4.69, 9.17) is 20.8 Å². The Hall–Kier alpha value is -3.24. The van der Waals surface area contributed by atoms with Gasteiger partial charge in [-0.1, -0.05) is 48.0 Å². The average molecular weight is 392 g/mol. The van der Waals surface area contributed by atoms with Crippen molar-refractivity contribution in [3.8, 4) is 5.75 Å². The summed E-state index contributed by atoms with van der Waals surface area (Å²) >= 11 is 6.00. The Morgan fingerprint density at radius 1 is 1.04 bits per heavy atom. The molecule has 140 valence electrons. The van der Waals surface area contributed by atoms with Gasteiger partial charge in [0.1, 0.15) is 23.7 Å². The number of carbonyl (C=O) groups is 1. The molecule has 0 atom stereocenters. The van der Waals surface area contributed by atoms with E-state index in [0.29, 0.717) is 45.4 Å². The van der Waals surface area contributed by atoms with Crippen molar-refractivity contribution in [1.29, 1.82) is 0 Å². The summed E-state index contributed by atoms with van der Waals surface area (Å²) in [5, 5.41) is 4.14. The highest BCUT2D eigenvalue weighted by molar-refractivity contribution is 6.31. The van der Waals surface area contributed by atoms with Crippen molar-refractivity contribution >= 4 is 34.2 Å². The molecule has 1 N–H and O–H groups in total. The molecular formula is C23H18ClNO3. The molecule has 5 heteroatoms. The Bertz CT molecular complexity index is 1140. The number of furan rings is 1. The largest absolute Gasteiger partial charge is 0.489 e. The lowest BCUT2D eigenvalue weighted by atomic mass is 10.1. The van der Waals surface area contributed by atoms with Crippen LogP contribution in [0.15, 0.2) is 77.2 Å². The SMILES string of the molecule is Cc1oc2ccc(OCc3ccccc3)cc2c1C(=O)Nc1cccc(Cl)c1. The van der Waals surface area contributed by atoms with Crippen molar-refractivity contribution < 1.29 is 13.9 Å². The van der Waals surface area contributed by atoms with E-state index in [1.54, 1.807) is 31.2 Å². The van der Waals surface area contributed by atoms with E-state index in [0.717, 1.165) is 5.56 Å². The Morgan fingerprint density at radius 2 is 1.86 bits per heavy atom. The first-order valence-corrected chi connectivity index (χ1v) is 9.25. The fourth-order valence-electron chi connectivity index (χ4n) is 3.07. The van der Waals surface area contributed by atoms with Crippen molar-refractivity contribution in [2.45, 2.75) is 13.5 Å². The first kappa shape index (κ1) is 18.1. The van der Waals surface area contributed by atoms with Crippen LogP contribution in [0.2, 0.25) is 5.02 Å². The van der Waals surface area contributed by atoms with Crippen LogP contribution in [0.25, 0.3) is 11.0 Å². The first-order chi connectivity index (χ1) is 13.6. The number of amides is 1. The van der Waals surface area contributed by atoms with E-state index < -0.39 is 0 Å².